The van der Waals surface area contributed by atoms with Crippen LogP contribution in [0.1, 0.15) is 6.23 Å². The first-order valence-corrected chi connectivity index (χ1v) is 8.74. The molecule has 1 aliphatic heterocycles. The molecule has 3 heterocycles. The van der Waals surface area contributed by atoms with Crippen LogP contribution in [0.3, 0.4) is 0 Å². The first-order valence-electron chi connectivity index (χ1n) is 7.06. The number of aromatic amines is 1. The van der Waals surface area contributed by atoms with Crippen molar-refractivity contribution in [2.75, 3.05) is 0 Å². The zero-order valence-electron chi connectivity index (χ0n) is 12.5. The lowest BCUT2D eigenvalue weighted by Gasteiger charge is -2.25. The third kappa shape index (κ3) is 2.99. The molecule has 0 saturated carbocycles. The average molecular weight is 374 g/mol. The second-order valence-corrected chi connectivity index (χ2v) is 7.60. The lowest BCUT2D eigenvalue weighted by atomic mass is 10.1. The van der Waals surface area contributed by atoms with Gasteiger partial charge in [0, 0.05) is 24.7 Å². The van der Waals surface area contributed by atoms with Crippen LogP contribution in [0.2, 0.25) is 0 Å². The van der Waals surface area contributed by atoms with Gasteiger partial charge in [0.15, 0.2) is 12.1 Å². The van der Waals surface area contributed by atoms with Gasteiger partial charge in [0.25, 0.3) is 5.56 Å². The Kier molecular flexibility index (Phi) is 4.49. The van der Waals surface area contributed by atoms with Gasteiger partial charge in [-0.05, 0) is 0 Å². The number of aliphatic hydroxyl groups excluding tert-OH is 3. The molecule has 0 amide bonds. The molecule has 3 rings (SSSR count). The van der Waals surface area contributed by atoms with Gasteiger partial charge in [0.05, 0.1) is 0 Å². The highest BCUT2D eigenvalue weighted by molar-refractivity contribution is 7.56. The molecular weight excluding hydrogens is 359 g/mol. The third-order valence-corrected chi connectivity index (χ3v) is 5.74. The quantitative estimate of drug-likeness (QED) is 0.359. The summed E-state index contributed by atoms with van der Waals surface area (Å²) < 4.78 is 19.2. The molecule has 2 unspecified atom stereocenters. The zero-order chi connectivity index (χ0) is 18.4. The molecule has 25 heavy (non-hydrogen) atoms. The summed E-state index contributed by atoms with van der Waals surface area (Å²) in [5.41, 5.74) is -1.59. The van der Waals surface area contributed by atoms with Crippen LogP contribution in [-0.2, 0) is 9.30 Å². The maximum Gasteiger partial charge on any atom is 0.330 e. The SMILES string of the molecule is O=c1ccn([C@@H]2O[C@H](C(O)P(=O)(O)n3ccnc3)[C@@H](O)[C@H]2O)c(=O)[nH]1. The molecule has 1 fully saturated rings. The Morgan fingerprint density at radius 1 is 1.28 bits per heavy atom. The predicted octanol–water partition coefficient (Wildman–Crippen LogP) is -2.60. The van der Waals surface area contributed by atoms with Crippen molar-refractivity contribution in [3.63, 3.8) is 0 Å². The van der Waals surface area contributed by atoms with E-state index in [-0.39, 0.29) is 0 Å². The average Bonchev–Trinajstić information content (AvgIpc) is 3.18. The monoisotopic (exact) mass is 374 g/mol. The summed E-state index contributed by atoms with van der Waals surface area (Å²) in [5.74, 6) is -2.10. The van der Waals surface area contributed by atoms with Crippen molar-refractivity contribution in [3.8, 4) is 0 Å². The summed E-state index contributed by atoms with van der Waals surface area (Å²) in [6, 6.07) is 0.996. The molecule has 0 radical (unpaired) electrons. The van der Waals surface area contributed by atoms with Gasteiger partial charge in [-0.25, -0.2) is 9.78 Å². The van der Waals surface area contributed by atoms with E-state index in [1.807, 2.05) is 4.98 Å². The fourth-order valence-electron chi connectivity index (χ4n) is 2.54. The van der Waals surface area contributed by atoms with Crippen molar-refractivity contribution < 1.29 is 29.5 Å². The lowest BCUT2D eigenvalue weighted by Crippen LogP contribution is -2.39. The van der Waals surface area contributed by atoms with Crippen molar-refractivity contribution in [2.45, 2.75) is 30.4 Å². The van der Waals surface area contributed by atoms with Gasteiger partial charge >= 0.3 is 13.2 Å². The summed E-state index contributed by atoms with van der Waals surface area (Å²) in [6.07, 6.45) is -2.19. The Balaban J connectivity index is 1.91. The highest BCUT2D eigenvalue weighted by Crippen LogP contribution is 2.50. The van der Waals surface area contributed by atoms with Crippen LogP contribution in [0, 0.1) is 0 Å². The molecule has 1 aliphatic rings. The van der Waals surface area contributed by atoms with Crippen LogP contribution in [-0.4, -0.2) is 63.2 Å². The maximum absolute atomic E-state index is 12.4. The number of hydrogen-bond donors (Lipinski definition) is 5. The molecule has 1 saturated heterocycles. The topological polar surface area (TPSA) is 180 Å². The van der Waals surface area contributed by atoms with E-state index in [9.17, 15) is 34.4 Å². The summed E-state index contributed by atoms with van der Waals surface area (Å²) in [6.45, 7) is 0. The molecule has 0 spiro atoms. The number of aromatic nitrogens is 4. The minimum absolute atomic E-state index is 0.675. The summed E-state index contributed by atoms with van der Waals surface area (Å²) in [7, 11) is -4.47. The van der Waals surface area contributed by atoms with E-state index in [2.05, 4.69) is 4.98 Å². The second kappa shape index (κ2) is 6.33. The number of imidazole rings is 1. The first-order chi connectivity index (χ1) is 11.7. The summed E-state index contributed by atoms with van der Waals surface area (Å²) in [5, 5.41) is 30.4. The van der Waals surface area contributed by atoms with Crippen molar-refractivity contribution in [1.82, 2.24) is 18.9 Å². The van der Waals surface area contributed by atoms with E-state index in [0.717, 1.165) is 33.7 Å². The minimum Gasteiger partial charge on any atom is -0.387 e. The molecule has 136 valence electrons. The number of hydrogen-bond acceptors (Lipinski definition) is 8. The first kappa shape index (κ1) is 17.7. The van der Waals surface area contributed by atoms with Gasteiger partial charge in [-0.3, -0.25) is 23.2 Å². The highest BCUT2D eigenvalue weighted by atomic mass is 31.2. The molecule has 2 aromatic heterocycles. The molecule has 13 heteroatoms. The molecule has 0 aliphatic carbocycles. The number of ether oxygens (including phenoxy) is 1. The van der Waals surface area contributed by atoms with Crippen LogP contribution in [0.4, 0.5) is 0 Å². The van der Waals surface area contributed by atoms with Gasteiger partial charge in [0.2, 0.25) is 0 Å². The largest absolute Gasteiger partial charge is 0.387 e. The Bertz CT molecular complexity index is 908. The molecule has 6 atom stereocenters. The Morgan fingerprint density at radius 3 is 2.60 bits per heavy atom. The fourth-order valence-corrected chi connectivity index (χ4v) is 3.90. The standard InChI is InChI=1S/C12H15N4O8P/c17-6-1-3-16(12(21)14-6)10-8(19)7(18)9(24-10)11(20)25(22,23)15-4-2-13-5-15/h1-5,7-11,18-20H,(H,22,23)(H,14,17,21)/t7-,8+,9-,10+,11?/m0/s1. The molecule has 12 nitrogen and oxygen atoms in total. The van der Waals surface area contributed by atoms with E-state index in [4.69, 9.17) is 4.74 Å². The smallest absolute Gasteiger partial charge is 0.330 e. The fraction of sp³-hybridized carbons (Fsp3) is 0.417. The number of aliphatic hydroxyl groups is 3. The second-order valence-electron chi connectivity index (χ2n) is 5.44. The van der Waals surface area contributed by atoms with Crippen LogP contribution in [0.5, 0.6) is 0 Å². The molecule has 0 bridgehead atoms. The number of nitrogens with one attached hydrogen (secondary N) is 1. The van der Waals surface area contributed by atoms with Gasteiger partial charge in [-0.1, -0.05) is 0 Å². The minimum atomic E-state index is -4.47. The van der Waals surface area contributed by atoms with Crippen molar-refractivity contribution >= 4 is 7.52 Å². The van der Waals surface area contributed by atoms with E-state index in [1.165, 1.54) is 6.20 Å². The number of rotatable bonds is 4. The van der Waals surface area contributed by atoms with Crippen LogP contribution >= 0.6 is 7.52 Å². The third-order valence-electron chi connectivity index (χ3n) is 3.86. The molecule has 0 aromatic carbocycles. The van der Waals surface area contributed by atoms with Crippen molar-refractivity contribution in [1.29, 1.82) is 0 Å². The van der Waals surface area contributed by atoms with Crippen LogP contribution in [0.15, 0.2) is 40.6 Å². The number of H-pyrrole nitrogens is 1. The van der Waals surface area contributed by atoms with Gasteiger partial charge in [0.1, 0.15) is 24.6 Å². The Labute approximate surface area is 139 Å². The normalized spacial score (nSPS) is 30.1. The van der Waals surface area contributed by atoms with Gasteiger partial charge in [-0.15, -0.1) is 0 Å². The molecule has 2 aromatic rings. The van der Waals surface area contributed by atoms with Gasteiger partial charge in [-0.2, -0.15) is 0 Å². The van der Waals surface area contributed by atoms with Crippen molar-refractivity contribution in [3.05, 3.63) is 51.8 Å². The highest BCUT2D eigenvalue weighted by Gasteiger charge is 2.52. The summed E-state index contributed by atoms with van der Waals surface area (Å²) in [4.78, 5) is 38.5. The predicted molar refractivity (Wildman–Crippen MR) is 80.7 cm³/mol. The lowest BCUT2D eigenvalue weighted by molar-refractivity contribution is -0.0675. The molecular formula is C12H15N4O8P. The van der Waals surface area contributed by atoms with Crippen LogP contribution in [0.25, 0.3) is 0 Å². The van der Waals surface area contributed by atoms with E-state index in [0.29, 0.717) is 0 Å². The van der Waals surface area contributed by atoms with Crippen LogP contribution < -0.4 is 11.2 Å². The van der Waals surface area contributed by atoms with E-state index < -0.39 is 49.2 Å². The van der Waals surface area contributed by atoms with E-state index in [1.54, 1.807) is 0 Å². The van der Waals surface area contributed by atoms with E-state index >= 15 is 0 Å². The maximum atomic E-state index is 12.4. The summed E-state index contributed by atoms with van der Waals surface area (Å²) >= 11 is 0. The zero-order valence-corrected chi connectivity index (χ0v) is 13.4. The van der Waals surface area contributed by atoms with Crippen molar-refractivity contribution in [2.24, 2.45) is 0 Å². The Morgan fingerprint density at radius 2 is 2.00 bits per heavy atom. The van der Waals surface area contributed by atoms with Gasteiger partial charge < -0.3 is 24.9 Å². The molecule has 5 N–H and O–H groups in total. The Hall–Kier alpha value is -2.08. The number of nitrogens with zero attached hydrogens (tertiary/aromatic N) is 3.